The number of hydrogen-bond acceptors (Lipinski definition) is 4. The van der Waals surface area contributed by atoms with Gasteiger partial charge in [-0.3, -0.25) is 19.2 Å². The number of aliphatic carboxylic acids is 4. The molecular weight excluding hydrogens is 368 g/mol. The van der Waals surface area contributed by atoms with Crippen molar-refractivity contribution in [2.24, 2.45) is 10.8 Å². The van der Waals surface area contributed by atoms with Crippen molar-refractivity contribution in [2.75, 3.05) is 0 Å². The van der Waals surface area contributed by atoms with Crippen LogP contribution in [0.25, 0.3) is 0 Å². The molecule has 0 aromatic rings. The van der Waals surface area contributed by atoms with Crippen molar-refractivity contribution < 1.29 is 39.6 Å². The van der Waals surface area contributed by atoms with Crippen molar-refractivity contribution in [3.05, 3.63) is 0 Å². The van der Waals surface area contributed by atoms with Gasteiger partial charge in [0.1, 0.15) is 0 Å². The first kappa shape index (κ1) is 25.9. The van der Waals surface area contributed by atoms with Crippen LogP contribution in [0.4, 0.5) is 0 Å². The fourth-order valence-corrected chi connectivity index (χ4v) is 3.52. The summed E-state index contributed by atoms with van der Waals surface area (Å²) in [5.74, 6) is -3.81. The van der Waals surface area contributed by atoms with Crippen LogP contribution in [0.15, 0.2) is 0 Å². The normalized spacial score (nSPS) is 15.4. The molecule has 0 aliphatic heterocycles. The third-order valence-corrected chi connectivity index (χ3v) is 5.30. The van der Waals surface area contributed by atoms with Crippen LogP contribution in [-0.4, -0.2) is 44.3 Å². The van der Waals surface area contributed by atoms with Crippen LogP contribution in [0.3, 0.4) is 0 Å². The van der Waals surface area contributed by atoms with Crippen molar-refractivity contribution in [1.29, 1.82) is 0 Å². The van der Waals surface area contributed by atoms with Gasteiger partial charge in [0.05, 0.1) is 10.8 Å². The molecule has 0 saturated carbocycles. The molecule has 162 valence electrons. The number of hydrogen-bond donors (Lipinski definition) is 4. The van der Waals surface area contributed by atoms with E-state index in [0.717, 1.165) is 0 Å². The Morgan fingerprint density at radius 1 is 0.571 bits per heavy atom. The van der Waals surface area contributed by atoms with Gasteiger partial charge in [0.2, 0.25) is 0 Å². The molecule has 2 atom stereocenters. The van der Waals surface area contributed by atoms with Crippen LogP contribution >= 0.6 is 0 Å². The van der Waals surface area contributed by atoms with Crippen molar-refractivity contribution >= 4 is 23.9 Å². The van der Waals surface area contributed by atoms with E-state index in [1.165, 1.54) is 0 Å². The number of rotatable bonds is 17. The molecule has 8 heteroatoms. The summed E-state index contributed by atoms with van der Waals surface area (Å²) in [6.45, 7) is 3.12. The molecule has 0 aromatic carbocycles. The van der Waals surface area contributed by atoms with E-state index in [0.29, 0.717) is 57.8 Å². The number of carboxylic acid groups (broad SMARTS) is 4. The summed E-state index contributed by atoms with van der Waals surface area (Å²) in [5.41, 5.74) is -2.37. The van der Waals surface area contributed by atoms with Crippen molar-refractivity contribution in [1.82, 2.24) is 0 Å². The zero-order chi connectivity index (χ0) is 21.8. The van der Waals surface area contributed by atoms with Gasteiger partial charge >= 0.3 is 23.9 Å². The summed E-state index contributed by atoms with van der Waals surface area (Å²) >= 11 is 0. The Morgan fingerprint density at radius 3 is 1.21 bits per heavy atom. The molecule has 2 unspecified atom stereocenters. The second kappa shape index (κ2) is 12.4. The molecule has 0 saturated heterocycles. The Labute approximate surface area is 165 Å². The van der Waals surface area contributed by atoms with Crippen LogP contribution in [0.2, 0.25) is 0 Å². The SMILES string of the molecule is CC(CCCCCCC(=O)O)(CC(C)(CCCCCC(=O)O)C(=O)O)C(=O)O. The summed E-state index contributed by atoms with van der Waals surface area (Å²) in [6, 6.07) is 0. The standard InChI is InChI=1S/C20H34O8/c1-19(17(25)26,12-8-4-3-6-10-15(21)22)14-20(2,18(27)28)13-9-5-7-11-16(23)24/h3-14H2,1-2H3,(H,21,22)(H,23,24)(H,25,26)(H,27,28). The maximum Gasteiger partial charge on any atom is 0.309 e. The molecule has 4 N–H and O–H groups in total. The first-order valence-electron chi connectivity index (χ1n) is 9.83. The summed E-state index contributed by atoms with van der Waals surface area (Å²) in [5, 5.41) is 36.6. The molecule has 0 heterocycles. The predicted molar refractivity (Wildman–Crippen MR) is 102 cm³/mol. The largest absolute Gasteiger partial charge is 0.481 e. The molecule has 28 heavy (non-hydrogen) atoms. The lowest BCUT2D eigenvalue weighted by molar-refractivity contribution is -0.157. The highest BCUT2D eigenvalue weighted by molar-refractivity contribution is 5.78. The first-order valence-corrected chi connectivity index (χ1v) is 9.83. The van der Waals surface area contributed by atoms with Crippen molar-refractivity contribution in [3.8, 4) is 0 Å². The van der Waals surface area contributed by atoms with Gasteiger partial charge in [-0.05, 0) is 46.0 Å². The van der Waals surface area contributed by atoms with Gasteiger partial charge in [-0.25, -0.2) is 0 Å². The van der Waals surface area contributed by atoms with Crippen molar-refractivity contribution in [2.45, 2.75) is 90.9 Å². The number of unbranched alkanes of at least 4 members (excludes halogenated alkanes) is 5. The lowest BCUT2D eigenvalue weighted by Gasteiger charge is -2.34. The molecule has 0 fully saturated rings. The van der Waals surface area contributed by atoms with Crippen molar-refractivity contribution in [3.63, 3.8) is 0 Å². The van der Waals surface area contributed by atoms with Crippen LogP contribution in [0.5, 0.6) is 0 Å². The predicted octanol–water partition coefficient (Wildman–Crippen LogP) is 4.02. The molecule has 0 aliphatic rings. The van der Waals surface area contributed by atoms with Gasteiger partial charge in [-0.2, -0.15) is 0 Å². The van der Waals surface area contributed by atoms with E-state index in [9.17, 15) is 29.4 Å². The molecular formula is C20H34O8. The summed E-state index contributed by atoms with van der Waals surface area (Å²) < 4.78 is 0. The van der Waals surface area contributed by atoms with E-state index < -0.39 is 34.7 Å². The van der Waals surface area contributed by atoms with Gasteiger partial charge in [-0.1, -0.05) is 32.1 Å². The van der Waals surface area contributed by atoms with Crippen LogP contribution in [0, 0.1) is 10.8 Å². The van der Waals surface area contributed by atoms with Gasteiger partial charge in [0.15, 0.2) is 0 Å². The highest BCUT2D eigenvalue weighted by atomic mass is 16.4. The van der Waals surface area contributed by atoms with Crippen LogP contribution < -0.4 is 0 Å². The number of carbonyl (C=O) groups is 4. The zero-order valence-corrected chi connectivity index (χ0v) is 16.9. The van der Waals surface area contributed by atoms with Crippen LogP contribution in [-0.2, 0) is 19.2 Å². The second-order valence-electron chi connectivity index (χ2n) is 8.17. The average molecular weight is 402 g/mol. The third kappa shape index (κ3) is 10.3. The van der Waals surface area contributed by atoms with E-state index in [1.54, 1.807) is 13.8 Å². The van der Waals surface area contributed by atoms with E-state index >= 15 is 0 Å². The maximum absolute atomic E-state index is 11.8. The lowest BCUT2D eigenvalue weighted by atomic mass is 9.68. The maximum atomic E-state index is 11.8. The Morgan fingerprint density at radius 2 is 0.893 bits per heavy atom. The highest BCUT2D eigenvalue weighted by Gasteiger charge is 2.44. The monoisotopic (exact) mass is 402 g/mol. The molecule has 8 nitrogen and oxygen atoms in total. The average Bonchev–Trinajstić information content (AvgIpc) is 2.56. The van der Waals surface area contributed by atoms with E-state index in [-0.39, 0.29) is 19.3 Å². The second-order valence-corrected chi connectivity index (χ2v) is 8.17. The minimum absolute atomic E-state index is 0.00127. The smallest absolute Gasteiger partial charge is 0.309 e. The van der Waals surface area contributed by atoms with Gasteiger partial charge in [-0.15, -0.1) is 0 Å². The Bertz CT molecular complexity index is 544. The molecule has 0 bridgehead atoms. The van der Waals surface area contributed by atoms with E-state index in [2.05, 4.69) is 0 Å². The zero-order valence-electron chi connectivity index (χ0n) is 16.9. The van der Waals surface area contributed by atoms with E-state index in [4.69, 9.17) is 10.2 Å². The third-order valence-electron chi connectivity index (χ3n) is 5.30. The molecule has 0 rings (SSSR count). The fraction of sp³-hybridized carbons (Fsp3) is 0.800. The van der Waals surface area contributed by atoms with Gasteiger partial charge < -0.3 is 20.4 Å². The molecule has 0 aliphatic carbocycles. The summed E-state index contributed by atoms with van der Waals surface area (Å²) in [4.78, 5) is 44.7. The van der Waals surface area contributed by atoms with Gasteiger partial charge in [0, 0.05) is 12.8 Å². The van der Waals surface area contributed by atoms with E-state index in [1.807, 2.05) is 0 Å². The Hall–Kier alpha value is -2.12. The topological polar surface area (TPSA) is 149 Å². The minimum atomic E-state index is -1.19. The van der Waals surface area contributed by atoms with Gasteiger partial charge in [0.25, 0.3) is 0 Å². The summed E-state index contributed by atoms with van der Waals surface area (Å²) in [6.07, 6.45) is 4.88. The fourth-order valence-electron chi connectivity index (χ4n) is 3.52. The molecule has 0 aromatic heterocycles. The minimum Gasteiger partial charge on any atom is -0.481 e. The quantitative estimate of drug-likeness (QED) is 0.266. The first-order chi connectivity index (χ1) is 12.9. The number of carboxylic acids is 4. The van der Waals surface area contributed by atoms with Crippen LogP contribution in [0.1, 0.15) is 90.9 Å². The Kier molecular flexibility index (Phi) is 11.4. The summed E-state index contributed by atoms with van der Waals surface area (Å²) in [7, 11) is 0. The highest BCUT2D eigenvalue weighted by Crippen LogP contribution is 2.41. The Balaban J connectivity index is 4.72. The molecule has 0 radical (unpaired) electrons. The molecule has 0 amide bonds. The lowest BCUT2D eigenvalue weighted by Crippen LogP contribution is -2.38. The molecule has 0 spiro atoms.